The van der Waals surface area contributed by atoms with Crippen LogP contribution in [0.5, 0.6) is 0 Å². The summed E-state index contributed by atoms with van der Waals surface area (Å²) in [6, 6.07) is -0.929. The van der Waals surface area contributed by atoms with Crippen LogP contribution < -0.4 is 5.84 Å². The van der Waals surface area contributed by atoms with E-state index in [0.29, 0.717) is 19.0 Å². The molecule has 0 aromatic rings. The molecule has 0 bridgehead atoms. The monoisotopic (exact) mass is 273 g/mol. The molecule has 2 N–H and O–H groups in total. The molecule has 0 amide bonds. The highest BCUT2D eigenvalue weighted by atomic mass is 19.3. The molecular weight excluding hydrogens is 248 g/mol. The zero-order chi connectivity index (χ0) is 14.6. The van der Waals surface area contributed by atoms with E-state index in [1.165, 1.54) is 5.01 Å². The van der Waals surface area contributed by atoms with Crippen molar-refractivity contribution in [2.45, 2.75) is 39.7 Å². The van der Waals surface area contributed by atoms with Crippen LogP contribution in [0.1, 0.15) is 27.2 Å². The van der Waals surface area contributed by atoms with Gasteiger partial charge in [-0.25, -0.2) is 14.6 Å². The summed E-state index contributed by atoms with van der Waals surface area (Å²) in [6.45, 7) is 7.14. The fraction of sp³-hybridized carbons (Fsp3) is 0.714. The molecule has 5 heteroatoms. The van der Waals surface area contributed by atoms with Gasteiger partial charge in [0.25, 0.3) is 6.43 Å². The fourth-order valence-electron chi connectivity index (χ4n) is 2.31. The molecule has 1 aliphatic rings. The summed E-state index contributed by atoms with van der Waals surface area (Å²) in [5.74, 6) is 6.38. The summed E-state index contributed by atoms with van der Waals surface area (Å²) < 4.78 is 25.9. The summed E-state index contributed by atoms with van der Waals surface area (Å²) in [4.78, 5) is 1.88. The largest absolute Gasteiger partial charge is 0.304 e. The molecule has 1 saturated heterocycles. The Morgan fingerprint density at radius 1 is 1.47 bits per heavy atom. The summed E-state index contributed by atoms with van der Waals surface area (Å²) >= 11 is 0. The molecule has 0 radical (unpaired) electrons. The lowest BCUT2D eigenvalue weighted by Gasteiger charge is -2.40. The van der Waals surface area contributed by atoms with Gasteiger partial charge in [-0.2, -0.15) is 0 Å². The number of hydrazine groups is 1. The Morgan fingerprint density at radius 3 is 2.58 bits per heavy atom. The number of nitrogens with zero attached hydrogens (tertiary/aromatic N) is 2. The Bertz CT molecular complexity index is 351. The van der Waals surface area contributed by atoms with Gasteiger partial charge in [-0.15, -0.1) is 0 Å². The number of hydrogen-bond acceptors (Lipinski definition) is 3. The minimum Gasteiger partial charge on any atom is -0.304 e. The topological polar surface area (TPSA) is 32.5 Å². The highest BCUT2D eigenvalue weighted by Gasteiger charge is 2.32. The summed E-state index contributed by atoms with van der Waals surface area (Å²) in [5.41, 5.74) is 1.90. The summed E-state index contributed by atoms with van der Waals surface area (Å²) in [6.07, 6.45) is 2.46. The van der Waals surface area contributed by atoms with Crippen LogP contribution in [-0.2, 0) is 0 Å². The van der Waals surface area contributed by atoms with Crippen molar-refractivity contribution in [3.05, 3.63) is 23.4 Å². The lowest BCUT2D eigenvalue weighted by Crippen LogP contribution is -2.56. The lowest BCUT2D eigenvalue weighted by atomic mass is 10.0. The first-order chi connectivity index (χ1) is 8.85. The third-order valence-corrected chi connectivity index (χ3v) is 3.28. The third kappa shape index (κ3) is 4.58. The molecule has 1 unspecified atom stereocenters. The van der Waals surface area contributed by atoms with Crippen LogP contribution in [-0.4, -0.2) is 42.5 Å². The molecule has 1 rings (SSSR count). The first-order valence-corrected chi connectivity index (χ1v) is 6.71. The number of hydrogen-bond donors (Lipinski definition) is 1. The van der Waals surface area contributed by atoms with Crippen molar-refractivity contribution in [2.24, 2.45) is 11.8 Å². The fourth-order valence-corrected chi connectivity index (χ4v) is 2.31. The first kappa shape index (κ1) is 16.1. The summed E-state index contributed by atoms with van der Waals surface area (Å²) in [7, 11) is 1.84. The molecule has 0 spiro atoms. The second-order valence-corrected chi connectivity index (χ2v) is 5.60. The van der Waals surface area contributed by atoms with Crippen LogP contribution in [0.2, 0.25) is 0 Å². The molecule has 1 fully saturated rings. The van der Waals surface area contributed by atoms with Crippen molar-refractivity contribution in [3.63, 3.8) is 0 Å². The van der Waals surface area contributed by atoms with E-state index in [4.69, 9.17) is 5.84 Å². The Morgan fingerprint density at radius 2 is 2.11 bits per heavy atom. The van der Waals surface area contributed by atoms with Crippen LogP contribution >= 0.6 is 0 Å². The van der Waals surface area contributed by atoms with E-state index in [0.717, 1.165) is 17.7 Å². The molecule has 0 saturated carbocycles. The summed E-state index contributed by atoms with van der Waals surface area (Å²) in [5, 5.41) is 1.24. The average molecular weight is 273 g/mol. The predicted octanol–water partition coefficient (Wildman–Crippen LogP) is 2.62. The van der Waals surface area contributed by atoms with Crippen molar-refractivity contribution in [1.82, 2.24) is 9.91 Å². The Balaban J connectivity index is 2.90. The molecule has 1 aliphatic heterocycles. The zero-order valence-corrected chi connectivity index (χ0v) is 12.2. The van der Waals surface area contributed by atoms with Crippen LogP contribution in [0.25, 0.3) is 0 Å². The quantitative estimate of drug-likeness (QED) is 0.799. The number of halogens is 2. The molecule has 1 atom stereocenters. The number of piperazine rings is 1. The number of alkyl halides is 2. The maximum Gasteiger partial charge on any atom is 0.261 e. The zero-order valence-electron chi connectivity index (χ0n) is 12.2. The minimum atomic E-state index is -2.43. The van der Waals surface area contributed by atoms with Gasteiger partial charge in [0, 0.05) is 18.8 Å². The van der Waals surface area contributed by atoms with Gasteiger partial charge in [0.05, 0.1) is 0 Å². The average Bonchev–Trinajstić information content (AvgIpc) is 2.31. The number of allylic oxidation sites excluding steroid dienone is 3. The van der Waals surface area contributed by atoms with E-state index in [1.807, 2.05) is 31.0 Å². The Hall–Kier alpha value is -0.940. The van der Waals surface area contributed by atoms with Gasteiger partial charge >= 0.3 is 0 Å². The smallest absolute Gasteiger partial charge is 0.261 e. The number of likely N-dealkylation sites (N-methyl/N-ethyl adjacent to an activating group) is 1. The van der Waals surface area contributed by atoms with E-state index in [-0.39, 0.29) is 0 Å². The Kier molecular flexibility index (Phi) is 5.94. The van der Waals surface area contributed by atoms with E-state index < -0.39 is 12.5 Å². The van der Waals surface area contributed by atoms with Gasteiger partial charge in [-0.1, -0.05) is 25.5 Å². The molecule has 3 nitrogen and oxygen atoms in total. The SMILES string of the molecule is C/C=C(\C=C1\CN(C)CC(C(F)F)N1N)CC(C)C. The molecular formula is C14H25F2N3. The van der Waals surface area contributed by atoms with Crippen LogP contribution in [0.4, 0.5) is 8.78 Å². The standard InChI is InChI=1S/C14H25F2N3/c1-5-11(6-10(2)3)7-12-8-18(4)9-13(14(15)16)19(12)17/h5,7,10,13-14H,6,8-9,17H2,1-4H3/b11-5-,12-7-. The first-order valence-electron chi connectivity index (χ1n) is 6.71. The Labute approximate surface area is 114 Å². The van der Waals surface area contributed by atoms with E-state index in [1.54, 1.807) is 0 Å². The van der Waals surface area contributed by atoms with Gasteiger partial charge in [0.2, 0.25) is 0 Å². The van der Waals surface area contributed by atoms with Crippen LogP contribution in [0.3, 0.4) is 0 Å². The molecule has 0 aromatic heterocycles. The molecule has 0 aliphatic carbocycles. The van der Waals surface area contributed by atoms with Gasteiger partial charge < -0.3 is 5.01 Å². The van der Waals surface area contributed by atoms with Gasteiger partial charge in [-0.3, -0.25) is 4.90 Å². The molecule has 1 heterocycles. The van der Waals surface area contributed by atoms with Crippen LogP contribution in [0, 0.1) is 5.92 Å². The second kappa shape index (κ2) is 7.01. The van der Waals surface area contributed by atoms with Crippen molar-refractivity contribution < 1.29 is 8.78 Å². The maximum absolute atomic E-state index is 13.0. The number of rotatable bonds is 4. The third-order valence-electron chi connectivity index (χ3n) is 3.28. The van der Waals surface area contributed by atoms with Crippen molar-refractivity contribution in [2.75, 3.05) is 20.1 Å². The van der Waals surface area contributed by atoms with E-state index >= 15 is 0 Å². The van der Waals surface area contributed by atoms with E-state index in [9.17, 15) is 8.78 Å². The lowest BCUT2D eigenvalue weighted by molar-refractivity contribution is 0.00379. The molecule has 110 valence electrons. The van der Waals surface area contributed by atoms with Gasteiger partial charge in [0.15, 0.2) is 0 Å². The highest BCUT2D eigenvalue weighted by molar-refractivity contribution is 5.25. The van der Waals surface area contributed by atoms with Gasteiger partial charge in [-0.05, 0) is 32.4 Å². The predicted molar refractivity (Wildman–Crippen MR) is 74.6 cm³/mol. The normalized spacial score (nSPS) is 24.9. The highest BCUT2D eigenvalue weighted by Crippen LogP contribution is 2.22. The minimum absolute atomic E-state index is 0.293. The van der Waals surface area contributed by atoms with Crippen molar-refractivity contribution in [1.29, 1.82) is 0 Å². The second-order valence-electron chi connectivity index (χ2n) is 5.60. The van der Waals surface area contributed by atoms with Gasteiger partial charge in [0.1, 0.15) is 6.04 Å². The maximum atomic E-state index is 13.0. The molecule has 19 heavy (non-hydrogen) atoms. The van der Waals surface area contributed by atoms with Crippen molar-refractivity contribution >= 4 is 0 Å². The van der Waals surface area contributed by atoms with Crippen molar-refractivity contribution in [3.8, 4) is 0 Å². The molecule has 0 aromatic carbocycles. The van der Waals surface area contributed by atoms with Crippen LogP contribution in [0.15, 0.2) is 23.4 Å². The number of nitrogens with two attached hydrogens (primary N) is 1. The van der Waals surface area contributed by atoms with E-state index in [2.05, 4.69) is 13.8 Å².